The highest BCUT2D eigenvalue weighted by Crippen LogP contribution is 2.29. The highest BCUT2D eigenvalue weighted by atomic mass is 79.9. The SMILES string of the molecule is Nc1cc(Cl)ccc1C(O)Cc1cccc(F)c1Br. The Morgan fingerprint density at radius 1 is 1.32 bits per heavy atom. The average Bonchev–Trinajstić information content (AvgIpc) is 2.34. The second-order valence-corrected chi connectivity index (χ2v) is 5.44. The monoisotopic (exact) mass is 343 g/mol. The largest absolute Gasteiger partial charge is 0.398 e. The number of benzene rings is 2. The van der Waals surface area contributed by atoms with Gasteiger partial charge in [0.05, 0.1) is 10.6 Å². The van der Waals surface area contributed by atoms with Crippen molar-refractivity contribution in [1.29, 1.82) is 0 Å². The van der Waals surface area contributed by atoms with E-state index in [1.165, 1.54) is 6.07 Å². The van der Waals surface area contributed by atoms with Gasteiger partial charge in [-0.2, -0.15) is 0 Å². The third-order valence-electron chi connectivity index (χ3n) is 2.85. The van der Waals surface area contributed by atoms with Gasteiger partial charge in [-0.25, -0.2) is 4.39 Å². The van der Waals surface area contributed by atoms with Gasteiger partial charge in [-0.15, -0.1) is 0 Å². The molecule has 0 saturated carbocycles. The molecule has 0 saturated heterocycles. The fourth-order valence-corrected chi connectivity index (χ4v) is 2.48. The molecule has 2 aromatic rings. The number of hydrogen-bond acceptors (Lipinski definition) is 2. The summed E-state index contributed by atoms with van der Waals surface area (Å²) in [5, 5.41) is 10.7. The van der Waals surface area contributed by atoms with E-state index < -0.39 is 6.10 Å². The van der Waals surface area contributed by atoms with Gasteiger partial charge in [-0.1, -0.05) is 29.8 Å². The number of aliphatic hydroxyl groups is 1. The molecular weight excluding hydrogens is 333 g/mol. The molecule has 3 N–H and O–H groups in total. The lowest BCUT2D eigenvalue weighted by molar-refractivity contribution is 0.179. The first-order valence-corrected chi connectivity index (χ1v) is 6.82. The minimum absolute atomic E-state index is 0.268. The van der Waals surface area contributed by atoms with Crippen LogP contribution in [0.3, 0.4) is 0 Å². The number of anilines is 1. The molecule has 100 valence electrons. The van der Waals surface area contributed by atoms with E-state index in [9.17, 15) is 9.50 Å². The van der Waals surface area contributed by atoms with Crippen molar-refractivity contribution >= 4 is 33.2 Å². The van der Waals surface area contributed by atoms with Gasteiger partial charge in [-0.3, -0.25) is 0 Å². The molecule has 5 heteroatoms. The summed E-state index contributed by atoms with van der Waals surface area (Å²) in [6, 6.07) is 9.64. The van der Waals surface area contributed by atoms with Gasteiger partial charge in [0.2, 0.25) is 0 Å². The first-order chi connectivity index (χ1) is 8.99. The van der Waals surface area contributed by atoms with Crippen LogP contribution in [0, 0.1) is 5.82 Å². The fourth-order valence-electron chi connectivity index (χ4n) is 1.87. The zero-order valence-corrected chi connectivity index (χ0v) is 12.2. The lowest BCUT2D eigenvalue weighted by Gasteiger charge is -2.15. The van der Waals surface area contributed by atoms with Crippen molar-refractivity contribution in [2.75, 3.05) is 5.73 Å². The highest BCUT2D eigenvalue weighted by Gasteiger charge is 2.15. The molecule has 1 atom stereocenters. The average molecular weight is 345 g/mol. The zero-order valence-electron chi connectivity index (χ0n) is 9.91. The van der Waals surface area contributed by atoms with Crippen LogP contribution in [-0.2, 0) is 6.42 Å². The molecule has 0 spiro atoms. The molecule has 0 bridgehead atoms. The van der Waals surface area contributed by atoms with Crippen LogP contribution in [0.5, 0.6) is 0 Å². The number of hydrogen-bond donors (Lipinski definition) is 2. The molecule has 2 rings (SSSR count). The van der Waals surface area contributed by atoms with Crippen molar-refractivity contribution < 1.29 is 9.50 Å². The maximum Gasteiger partial charge on any atom is 0.137 e. The molecule has 0 amide bonds. The molecule has 0 heterocycles. The molecule has 0 radical (unpaired) electrons. The summed E-state index contributed by atoms with van der Waals surface area (Å²) in [5.74, 6) is -0.353. The van der Waals surface area contributed by atoms with Gasteiger partial charge in [0.25, 0.3) is 0 Å². The minimum atomic E-state index is -0.810. The third-order valence-corrected chi connectivity index (χ3v) is 3.98. The summed E-state index contributed by atoms with van der Waals surface area (Å²) >= 11 is 8.98. The smallest absolute Gasteiger partial charge is 0.137 e. The number of nitrogen functional groups attached to an aromatic ring is 1. The van der Waals surface area contributed by atoms with E-state index >= 15 is 0 Å². The first kappa shape index (κ1) is 14.3. The van der Waals surface area contributed by atoms with E-state index in [4.69, 9.17) is 17.3 Å². The predicted octanol–water partition coefficient (Wildman–Crippen LogP) is 4.10. The number of halogens is 3. The molecule has 0 aliphatic heterocycles. The van der Waals surface area contributed by atoms with Gasteiger partial charge in [0.1, 0.15) is 5.82 Å². The van der Waals surface area contributed by atoms with Crippen LogP contribution in [0.25, 0.3) is 0 Å². The highest BCUT2D eigenvalue weighted by molar-refractivity contribution is 9.10. The molecule has 0 aliphatic rings. The Balaban J connectivity index is 2.25. The Kier molecular flexibility index (Phi) is 4.45. The third kappa shape index (κ3) is 3.26. The summed E-state index contributed by atoms with van der Waals surface area (Å²) in [5.41, 5.74) is 7.50. The number of rotatable bonds is 3. The Morgan fingerprint density at radius 2 is 2.05 bits per heavy atom. The van der Waals surface area contributed by atoms with Crippen LogP contribution in [0.1, 0.15) is 17.2 Å². The van der Waals surface area contributed by atoms with Crippen LogP contribution in [-0.4, -0.2) is 5.11 Å². The molecule has 1 unspecified atom stereocenters. The van der Waals surface area contributed by atoms with Crippen molar-refractivity contribution in [3.05, 3.63) is 62.8 Å². The quantitative estimate of drug-likeness (QED) is 0.824. The number of nitrogens with two attached hydrogens (primary N) is 1. The Hall–Kier alpha value is -1.10. The van der Waals surface area contributed by atoms with Crippen LogP contribution >= 0.6 is 27.5 Å². The Labute approximate surface area is 124 Å². The minimum Gasteiger partial charge on any atom is -0.398 e. The fraction of sp³-hybridized carbons (Fsp3) is 0.143. The maximum absolute atomic E-state index is 13.4. The normalized spacial score (nSPS) is 12.4. The van der Waals surface area contributed by atoms with E-state index in [-0.39, 0.29) is 12.2 Å². The Bertz CT molecular complexity index is 606. The second kappa shape index (κ2) is 5.90. The van der Waals surface area contributed by atoms with Crippen molar-refractivity contribution in [2.24, 2.45) is 0 Å². The molecule has 2 nitrogen and oxygen atoms in total. The first-order valence-electron chi connectivity index (χ1n) is 5.65. The van der Waals surface area contributed by atoms with Crippen molar-refractivity contribution in [3.63, 3.8) is 0 Å². The van der Waals surface area contributed by atoms with E-state index in [1.807, 2.05) is 0 Å². The summed E-state index contributed by atoms with van der Waals surface area (Å²) in [6.07, 6.45) is -0.542. The van der Waals surface area contributed by atoms with Gasteiger partial charge in [-0.05, 0) is 39.7 Å². The Morgan fingerprint density at radius 3 is 2.74 bits per heavy atom. The standard InChI is InChI=1S/C14H12BrClFNO/c15-14-8(2-1-3-11(14)17)6-13(19)10-5-4-9(16)7-12(10)18/h1-5,7,13,19H,6,18H2. The van der Waals surface area contributed by atoms with Gasteiger partial charge < -0.3 is 10.8 Å². The van der Waals surface area contributed by atoms with E-state index in [1.54, 1.807) is 30.3 Å². The van der Waals surface area contributed by atoms with E-state index in [2.05, 4.69) is 15.9 Å². The summed E-state index contributed by atoms with van der Waals surface area (Å²) in [7, 11) is 0. The van der Waals surface area contributed by atoms with Crippen LogP contribution in [0.4, 0.5) is 10.1 Å². The van der Waals surface area contributed by atoms with E-state index in [0.29, 0.717) is 26.3 Å². The molecule has 19 heavy (non-hydrogen) atoms. The topological polar surface area (TPSA) is 46.2 Å². The van der Waals surface area contributed by atoms with Crippen LogP contribution in [0.15, 0.2) is 40.9 Å². The van der Waals surface area contributed by atoms with Crippen molar-refractivity contribution in [2.45, 2.75) is 12.5 Å². The van der Waals surface area contributed by atoms with Gasteiger partial charge in [0, 0.05) is 22.7 Å². The second-order valence-electron chi connectivity index (χ2n) is 4.21. The van der Waals surface area contributed by atoms with Crippen LogP contribution in [0.2, 0.25) is 5.02 Å². The molecular formula is C14H12BrClFNO. The lowest BCUT2D eigenvalue weighted by atomic mass is 10.00. The lowest BCUT2D eigenvalue weighted by Crippen LogP contribution is -2.06. The summed E-state index contributed by atoms with van der Waals surface area (Å²) in [6.45, 7) is 0. The van der Waals surface area contributed by atoms with Crippen LogP contribution < -0.4 is 5.73 Å². The zero-order chi connectivity index (χ0) is 14.0. The summed E-state index contributed by atoms with van der Waals surface area (Å²) in [4.78, 5) is 0. The molecule has 0 aliphatic carbocycles. The van der Waals surface area contributed by atoms with E-state index in [0.717, 1.165) is 0 Å². The van der Waals surface area contributed by atoms with Gasteiger partial charge in [0.15, 0.2) is 0 Å². The van der Waals surface area contributed by atoms with Crippen molar-refractivity contribution in [3.8, 4) is 0 Å². The number of aliphatic hydroxyl groups excluding tert-OH is 1. The molecule has 0 fully saturated rings. The van der Waals surface area contributed by atoms with Crippen molar-refractivity contribution in [1.82, 2.24) is 0 Å². The summed E-state index contributed by atoms with van der Waals surface area (Å²) < 4.78 is 13.8. The molecule has 2 aromatic carbocycles. The van der Waals surface area contributed by atoms with Gasteiger partial charge >= 0.3 is 0 Å². The molecule has 0 aromatic heterocycles. The predicted molar refractivity (Wildman–Crippen MR) is 78.6 cm³/mol. The maximum atomic E-state index is 13.4.